The van der Waals surface area contributed by atoms with Gasteiger partial charge in [0.1, 0.15) is 0 Å². The number of nitrogens with one attached hydrogen (secondary N) is 1. The standard InChI is InChI=1S/C17H25F2N3O2/c1-23-16-3-2-12(10-20-16)17-14(6-9-24-17)21-13-4-7-22(8-5-13)11-15(18)19/h2-3,10,13-15,17,21H,4-9,11H2,1H3/t14-,17+/m0/s1. The third kappa shape index (κ3) is 4.40. The predicted molar refractivity (Wildman–Crippen MR) is 86.5 cm³/mol. The number of hydrogen-bond acceptors (Lipinski definition) is 5. The zero-order chi connectivity index (χ0) is 16.9. The van der Waals surface area contributed by atoms with E-state index in [4.69, 9.17) is 9.47 Å². The minimum absolute atomic E-state index is 0.0116. The number of halogens is 2. The van der Waals surface area contributed by atoms with E-state index in [0.29, 0.717) is 11.9 Å². The molecule has 0 spiro atoms. The highest BCUT2D eigenvalue weighted by molar-refractivity contribution is 5.22. The van der Waals surface area contributed by atoms with Gasteiger partial charge in [-0.3, -0.25) is 4.90 Å². The van der Waals surface area contributed by atoms with E-state index in [1.165, 1.54) is 0 Å². The molecule has 0 aromatic carbocycles. The summed E-state index contributed by atoms with van der Waals surface area (Å²) >= 11 is 0. The van der Waals surface area contributed by atoms with E-state index in [1.54, 1.807) is 13.3 Å². The summed E-state index contributed by atoms with van der Waals surface area (Å²) in [5.41, 5.74) is 1.04. The number of piperidine rings is 1. The molecule has 7 heteroatoms. The van der Waals surface area contributed by atoms with Crippen molar-refractivity contribution < 1.29 is 18.3 Å². The Kier molecular flexibility index (Phi) is 5.97. The topological polar surface area (TPSA) is 46.6 Å². The molecule has 0 radical (unpaired) electrons. The molecule has 2 fully saturated rings. The number of alkyl halides is 2. The van der Waals surface area contributed by atoms with Crippen LogP contribution < -0.4 is 10.1 Å². The summed E-state index contributed by atoms with van der Waals surface area (Å²) in [7, 11) is 1.60. The smallest absolute Gasteiger partial charge is 0.251 e. The van der Waals surface area contributed by atoms with E-state index >= 15 is 0 Å². The zero-order valence-electron chi connectivity index (χ0n) is 14.0. The van der Waals surface area contributed by atoms with Gasteiger partial charge in [0.2, 0.25) is 5.88 Å². The molecule has 2 aliphatic rings. The van der Waals surface area contributed by atoms with Crippen LogP contribution in [-0.2, 0) is 4.74 Å². The maximum atomic E-state index is 12.4. The zero-order valence-corrected chi connectivity index (χ0v) is 14.0. The lowest BCUT2D eigenvalue weighted by Crippen LogP contribution is -2.47. The second kappa shape index (κ2) is 8.18. The fourth-order valence-corrected chi connectivity index (χ4v) is 3.55. The van der Waals surface area contributed by atoms with Crippen LogP contribution in [0.15, 0.2) is 18.3 Å². The van der Waals surface area contributed by atoms with E-state index in [2.05, 4.69) is 10.3 Å². The molecule has 1 N–H and O–H groups in total. The second-order valence-corrected chi connectivity index (χ2v) is 6.45. The molecule has 3 heterocycles. The van der Waals surface area contributed by atoms with E-state index in [9.17, 15) is 8.78 Å². The molecule has 24 heavy (non-hydrogen) atoms. The van der Waals surface area contributed by atoms with E-state index < -0.39 is 6.43 Å². The summed E-state index contributed by atoms with van der Waals surface area (Å²) in [6.07, 6.45) is 2.29. The molecule has 2 atom stereocenters. The van der Waals surface area contributed by atoms with Crippen LogP contribution in [0.25, 0.3) is 0 Å². The minimum Gasteiger partial charge on any atom is -0.481 e. The Balaban J connectivity index is 1.53. The first kappa shape index (κ1) is 17.5. The van der Waals surface area contributed by atoms with Crippen LogP contribution in [0.3, 0.4) is 0 Å². The Morgan fingerprint density at radius 2 is 2.12 bits per heavy atom. The van der Waals surface area contributed by atoms with Crippen molar-refractivity contribution in [3.05, 3.63) is 23.9 Å². The first-order valence-corrected chi connectivity index (χ1v) is 8.54. The largest absolute Gasteiger partial charge is 0.481 e. The molecule has 1 aromatic heterocycles. The summed E-state index contributed by atoms with van der Waals surface area (Å²) in [5.74, 6) is 0.590. The van der Waals surface area contributed by atoms with Crippen molar-refractivity contribution in [2.75, 3.05) is 33.4 Å². The lowest BCUT2D eigenvalue weighted by atomic mass is 9.99. The van der Waals surface area contributed by atoms with Crippen molar-refractivity contribution >= 4 is 0 Å². The van der Waals surface area contributed by atoms with Crippen LogP contribution in [0.1, 0.15) is 30.9 Å². The van der Waals surface area contributed by atoms with E-state index in [0.717, 1.165) is 44.5 Å². The molecule has 2 aliphatic heterocycles. The van der Waals surface area contributed by atoms with Gasteiger partial charge in [0.25, 0.3) is 6.43 Å². The second-order valence-electron chi connectivity index (χ2n) is 6.45. The van der Waals surface area contributed by atoms with Crippen LogP contribution in [0.2, 0.25) is 0 Å². The molecular formula is C17H25F2N3O2. The number of rotatable bonds is 6. The Hall–Kier alpha value is -1.31. The molecule has 0 bridgehead atoms. The summed E-state index contributed by atoms with van der Waals surface area (Å²) in [5, 5.41) is 3.67. The highest BCUT2D eigenvalue weighted by Crippen LogP contribution is 2.30. The Labute approximate surface area is 141 Å². The molecule has 5 nitrogen and oxygen atoms in total. The summed E-state index contributed by atoms with van der Waals surface area (Å²) < 4.78 is 35.9. The fourth-order valence-electron chi connectivity index (χ4n) is 3.55. The third-order valence-electron chi connectivity index (χ3n) is 4.82. The molecular weight excluding hydrogens is 316 g/mol. The average Bonchev–Trinajstić information content (AvgIpc) is 3.04. The summed E-state index contributed by atoms with van der Waals surface area (Å²) in [6, 6.07) is 4.43. The van der Waals surface area contributed by atoms with Crippen molar-refractivity contribution in [2.24, 2.45) is 0 Å². The monoisotopic (exact) mass is 341 g/mol. The van der Waals surface area contributed by atoms with Gasteiger partial charge < -0.3 is 14.8 Å². The van der Waals surface area contributed by atoms with Crippen LogP contribution in [0.4, 0.5) is 8.78 Å². The number of hydrogen-bond donors (Lipinski definition) is 1. The summed E-state index contributed by atoms with van der Waals surface area (Å²) in [6.45, 7) is 2.06. The highest BCUT2D eigenvalue weighted by atomic mass is 19.3. The third-order valence-corrected chi connectivity index (χ3v) is 4.82. The minimum atomic E-state index is -2.25. The molecule has 134 valence electrons. The molecule has 3 rings (SSSR count). The highest BCUT2D eigenvalue weighted by Gasteiger charge is 2.32. The number of likely N-dealkylation sites (tertiary alicyclic amines) is 1. The maximum absolute atomic E-state index is 12.4. The van der Waals surface area contributed by atoms with Crippen molar-refractivity contribution in [2.45, 2.75) is 43.9 Å². The Bertz CT molecular complexity index is 507. The maximum Gasteiger partial charge on any atom is 0.251 e. The fraction of sp³-hybridized carbons (Fsp3) is 0.706. The lowest BCUT2D eigenvalue weighted by Gasteiger charge is -2.34. The van der Waals surface area contributed by atoms with Crippen LogP contribution in [0, 0.1) is 0 Å². The van der Waals surface area contributed by atoms with Crippen molar-refractivity contribution in [3.8, 4) is 5.88 Å². The van der Waals surface area contributed by atoms with Crippen LogP contribution in [-0.4, -0.2) is 61.7 Å². The van der Waals surface area contributed by atoms with E-state index in [-0.39, 0.29) is 18.7 Å². The number of ether oxygens (including phenoxy) is 2. The quantitative estimate of drug-likeness (QED) is 0.860. The van der Waals surface area contributed by atoms with Gasteiger partial charge in [-0.15, -0.1) is 0 Å². The van der Waals surface area contributed by atoms with Gasteiger partial charge in [0.15, 0.2) is 0 Å². The average molecular weight is 341 g/mol. The SMILES string of the molecule is COc1ccc([C@H]2OCC[C@@H]2NC2CCN(CC(F)F)CC2)cn1. The van der Waals surface area contributed by atoms with Gasteiger partial charge in [0, 0.05) is 36.5 Å². The van der Waals surface area contributed by atoms with Gasteiger partial charge in [-0.05, 0) is 38.4 Å². The Morgan fingerprint density at radius 3 is 2.75 bits per heavy atom. The predicted octanol–water partition coefficient (Wildman–Crippen LogP) is 2.24. The van der Waals surface area contributed by atoms with Crippen molar-refractivity contribution in [1.82, 2.24) is 15.2 Å². The van der Waals surface area contributed by atoms with Gasteiger partial charge in [-0.25, -0.2) is 13.8 Å². The Morgan fingerprint density at radius 1 is 1.33 bits per heavy atom. The van der Waals surface area contributed by atoms with E-state index in [1.807, 2.05) is 17.0 Å². The molecule has 0 unspecified atom stereocenters. The first-order chi connectivity index (χ1) is 11.7. The van der Waals surface area contributed by atoms with Crippen molar-refractivity contribution in [1.29, 1.82) is 0 Å². The van der Waals surface area contributed by atoms with Crippen LogP contribution in [0.5, 0.6) is 5.88 Å². The molecule has 0 saturated carbocycles. The number of aromatic nitrogens is 1. The molecule has 0 amide bonds. The normalized spacial score (nSPS) is 26.2. The molecule has 0 aliphatic carbocycles. The molecule has 2 saturated heterocycles. The van der Waals surface area contributed by atoms with Gasteiger partial charge in [0.05, 0.1) is 19.8 Å². The lowest BCUT2D eigenvalue weighted by molar-refractivity contribution is 0.0671. The first-order valence-electron chi connectivity index (χ1n) is 8.54. The number of pyridine rings is 1. The van der Waals surface area contributed by atoms with Gasteiger partial charge >= 0.3 is 0 Å². The summed E-state index contributed by atoms with van der Waals surface area (Å²) in [4.78, 5) is 6.10. The van der Waals surface area contributed by atoms with Crippen molar-refractivity contribution in [3.63, 3.8) is 0 Å². The number of methoxy groups -OCH3 is 1. The number of nitrogens with zero attached hydrogens (tertiary/aromatic N) is 2. The molecule has 1 aromatic rings. The van der Waals surface area contributed by atoms with Gasteiger partial charge in [-0.1, -0.05) is 0 Å². The van der Waals surface area contributed by atoms with Crippen LogP contribution >= 0.6 is 0 Å². The van der Waals surface area contributed by atoms with Gasteiger partial charge in [-0.2, -0.15) is 0 Å².